The molecule has 0 saturated carbocycles. The van der Waals surface area contributed by atoms with Gasteiger partial charge in [0.25, 0.3) is 18.1 Å². The van der Waals surface area contributed by atoms with Crippen LogP contribution in [-0.4, -0.2) is 16.8 Å². The van der Waals surface area contributed by atoms with Crippen molar-refractivity contribution in [3.63, 3.8) is 0 Å². The first-order chi connectivity index (χ1) is 17.2. The molecule has 0 radical (unpaired) electrons. The highest BCUT2D eigenvalue weighted by Crippen LogP contribution is 2.38. The third-order valence-electron chi connectivity index (χ3n) is 6.18. The molecule has 184 valence electrons. The van der Waals surface area contributed by atoms with Crippen LogP contribution in [0.1, 0.15) is 60.6 Å². The lowest BCUT2D eigenvalue weighted by Crippen LogP contribution is -2.33. The summed E-state index contributed by atoms with van der Waals surface area (Å²) < 4.78 is 39.4. The van der Waals surface area contributed by atoms with E-state index in [9.17, 15) is 22.8 Å². The molecular formula is C26H22F3N4O2S+. The number of carbonyl (C=O) groups is 2. The van der Waals surface area contributed by atoms with Crippen molar-refractivity contribution in [1.29, 1.82) is 0 Å². The fraction of sp³-hybridized carbons (Fsp3) is 0.231. The molecule has 0 unspecified atom stereocenters. The van der Waals surface area contributed by atoms with Crippen LogP contribution in [0.25, 0.3) is 10.1 Å². The van der Waals surface area contributed by atoms with Crippen LogP contribution in [-0.2, 0) is 19.1 Å². The predicted octanol–water partition coefficient (Wildman–Crippen LogP) is 4.78. The lowest BCUT2D eigenvalue weighted by atomic mass is 10.1. The van der Waals surface area contributed by atoms with Gasteiger partial charge in [0, 0.05) is 17.3 Å². The van der Waals surface area contributed by atoms with Gasteiger partial charge in [0.2, 0.25) is 5.69 Å². The van der Waals surface area contributed by atoms with Crippen LogP contribution in [0.4, 0.5) is 13.2 Å². The Hall–Kier alpha value is -3.79. The quantitative estimate of drug-likeness (QED) is 0.404. The lowest BCUT2D eigenvalue weighted by molar-refractivity contribution is -0.387. The van der Waals surface area contributed by atoms with Crippen LogP contribution in [0.3, 0.4) is 0 Å². The van der Waals surface area contributed by atoms with Crippen molar-refractivity contribution in [3.8, 4) is 0 Å². The topological polar surface area (TPSA) is 85.2 Å². The average Bonchev–Trinajstić information content (AvgIpc) is 3.46. The van der Waals surface area contributed by atoms with Gasteiger partial charge in [0.05, 0.1) is 6.04 Å². The first-order valence-electron chi connectivity index (χ1n) is 11.3. The number of fused-ring (bicyclic) bond motifs is 2. The molecule has 1 atom stereocenters. The normalized spacial score (nSPS) is 15.1. The highest BCUT2D eigenvalue weighted by molar-refractivity contribution is 7.19. The number of aromatic nitrogens is 2. The summed E-state index contributed by atoms with van der Waals surface area (Å²) in [5.74, 6) is -0.838. The number of aryl methyl sites for hydroxylation is 2. The molecule has 0 bridgehead atoms. The smallest absolute Gasteiger partial charge is 0.345 e. The van der Waals surface area contributed by atoms with Crippen molar-refractivity contribution in [2.45, 2.75) is 38.5 Å². The number of rotatable bonds is 5. The SMILES string of the molecule is Cc1ccc2c(c1)CC[C@H]2NC(=O)c1cc(C(=O)NCc2ccc3cc(C(F)(F)F)sc3c2)nc[nH+]1. The summed E-state index contributed by atoms with van der Waals surface area (Å²) in [5, 5.41) is 6.22. The number of halogens is 3. The van der Waals surface area contributed by atoms with Gasteiger partial charge in [0.1, 0.15) is 4.88 Å². The average molecular weight is 512 g/mol. The third kappa shape index (κ3) is 4.94. The zero-order valence-corrected chi connectivity index (χ0v) is 20.0. The molecule has 0 aliphatic heterocycles. The summed E-state index contributed by atoms with van der Waals surface area (Å²) in [6.07, 6.45) is -1.41. The molecule has 36 heavy (non-hydrogen) atoms. The van der Waals surface area contributed by atoms with Gasteiger partial charge >= 0.3 is 6.18 Å². The van der Waals surface area contributed by atoms with E-state index in [0.717, 1.165) is 24.5 Å². The minimum Gasteiger partial charge on any atom is -0.345 e. The van der Waals surface area contributed by atoms with Crippen LogP contribution in [0.15, 0.2) is 54.9 Å². The predicted molar refractivity (Wildman–Crippen MR) is 128 cm³/mol. The molecule has 2 heterocycles. The number of carbonyl (C=O) groups excluding carboxylic acids is 2. The molecule has 5 rings (SSSR count). The van der Waals surface area contributed by atoms with Crippen molar-refractivity contribution < 1.29 is 27.7 Å². The van der Waals surface area contributed by atoms with Gasteiger partial charge in [-0.3, -0.25) is 9.59 Å². The number of thiophene rings is 1. The number of alkyl halides is 3. The molecule has 0 spiro atoms. The summed E-state index contributed by atoms with van der Waals surface area (Å²) in [7, 11) is 0. The van der Waals surface area contributed by atoms with Gasteiger partial charge in [-0.05, 0) is 59.0 Å². The molecule has 0 fully saturated rings. The summed E-state index contributed by atoms with van der Waals surface area (Å²) in [5.41, 5.74) is 4.43. The Kier molecular flexibility index (Phi) is 6.21. The summed E-state index contributed by atoms with van der Waals surface area (Å²) in [6.45, 7) is 2.14. The maximum absolute atomic E-state index is 13.0. The summed E-state index contributed by atoms with van der Waals surface area (Å²) in [6, 6.07) is 13.5. The van der Waals surface area contributed by atoms with E-state index in [1.54, 1.807) is 18.2 Å². The van der Waals surface area contributed by atoms with E-state index >= 15 is 0 Å². The van der Waals surface area contributed by atoms with Gasteiger partial charge < -0.3 is 10.6 Å². The minimum atomic E-state index is -4.39. The second-order valence-corrected chi connectivity index (χ2v) is 9.86. The number of amides is 2. The van der Waals surface area contributed by atoms with Crippen LogP contribution < -0.4 is 15.6 Å². The van der Waals surface area contributed by atoms with E-state index < -0.39 is 17.0 Å². The largest absolute Gasteiger partial charge is 0.425 e. The van der Waals surface area contributed by atoms with E-state index in [0.29, 0.717) is 27.0 Å². The Morgan fingerprint density at radius 3 is 2.75 bits per heavy atom. The van der Waals surface area contributed by atoms with Gasteiger partial charge in [-0.25, -0.2) is 4.98 Å². The Morgan fingerprint density at radius 2 is 1.94 bits per heavy atom. The number of benzene rings is 2. The zero-order chi connectivity index (χ0) is 25.4. The molecule has 0 saturated heterocycles. The maximum Gasteiger partial charge on any atom is 0.425 e. The van der Waals surface area contributed by atoms with Gasteiger partial charge in [-0.2, -0.15) is 13.2 Å². The Bertz CT molecular complexity index is 1480. The number of H-pyrrole nitrogens is 1. The Morgan fingerprint density at radius 1 is 1.11 bits per heavy atom. The number of aromatic amines is 1. The molecular weight excluding hydrogens is 489 g/mol. The van der Waals surface area contributed by atoms with Crippen molar-refractivity contribution in [1.82, 2.24) is 15.6 Å². The minimum absolute atomic E-state index is 0.0536. The molecule has 4 aromatic rings. The molecule has 3 N–H and O–H groups in total. The lowest BCUT2D eigenvalue weighted by Gasteiger charge is -2.13. The second kappa shape index (κ2) is 9.34. The van der Waals surface area contributed by atoms with Crippen LogP contribution in [0.2, 0.25) is 0 Å². The van der Waals surface area contributed by atoms with Crippen molar-refractivity contribution in [2.75, 3.05) is 0 Å². The van der Waals surface area contributed by atoms with Gasteiger partial charge in [-0.15, -0.1) is 11.3 Å². The Balaban J connectivity index is 1.24. The van der Waals surface area contributed by atoms with E-state index in [-0.39, 0.29) is 29.9 Å². The molecule has 2 amide bonds. The van der Waals surface area contributed by atoms with Crippen LogP contribution in [0.5, 0.6) is 0 Å². The van der Waals surface area contributed by atoms with Crippen molar-refractivity contribution in [2.24, 2.45) is 0 Å². The monoisotopic (exact) mass is 511 g/mol. The molecule has 2 aromatic carbocycles. The molecule has 6 nitrogen and oxygen atoms in total. The van der Waals surface area contributed by atoms with Gasteiger partial charge in [-0.1, -0.05) is 35.9 Å². The van der Waals surface area contributed by atoms with E-state index in [2.05, 4.69) is 26.7 Å². The van der Waals surface area contributed by atoms with Crippen molar-refractivity contribution in [3.05, 3.63) is 93.4 Å². The number of hydrogen-bond donors (Lipinski definition) is 2. The number of hydrogen-bond acceptors (Lipinski definition) is 4. The maximum atomic E-state index is 13.0. The van der Waals surface area contributed by atoms with E-state index in [4.69, 9.17) is 0 Å². The summed E-state index contributed by atoms with van der Waals surface area (Å²) in [4.78, 5) is 31.7. The standard InChI is InChI=1S/C26H21F3N4O2S/c1-14-2-6-18-16(8-14)5-7-19(18)33-25(35)21-11-20(31-13-32-21)24(34)30-12-15-3-4-17-10-23(26(27,28)29)36-22(17)9-15/h2-4,6,8-11,13,19H,5,7,12H2,1H3,(H,30,34)(H,33,35)/p+1/t19-/m1/s1. The van der Waals surface area contributed by atoms with E-state index in [1.165, 1.54) is 23.5 Å². The number of nitrogens with zero attached hydrogens (tertiary/aromatic N) is 1. The third-order valence-corrected chi connectivity index (χ3v) is 7.32. The molecule has 10 heteroatoms. The first-order valence-corrected chi connectivity index (χ1v) is 12.1. The van der Waals surface area contributed by atoms with Gasteiger partial charge in [0.15, 0.2) is 5.69 Å². The molecule has 2 aromatic heterocycles. The van der Waals surface area contributed by atoms with Crippen LogP contribution >= 0.6 is 11.3 Å². The fourth-order valence-electron chi connectivity index (χ4n) is 4.37. The Labute approximate surface area is 208 Å². The van der Waals surface area contributed by atoms with Crippen molar-refractivity contribution >= 4 is 33.2 Å². The molecule has 1 aliphatic rings. The zero-order valence-electron chi connectivity index (χ0n) is 19.2. The highest BCUT2D eigenvalue weighted by Gasteiger charge is 2.32. The highest BCUT2D eigenvalue weighted by atomic mass is 32.1. The number of nitrogens with one attached hydrogen (secondary N) is 3. The summed E-state index contributed by atoms with van der Waals surface area (Å²) >= 11 is 0.665. The second-order valence-electron chi connectivity index (χ2n) is 8.78. The fourth-order valence-corrected chi connectivity index (χ4v) is 5.37. The first kappa shape index (κ1) is 23.9. The van der Waals surface area contributed by atoms with Crippen LogP contribution in [0, 0.1) is 6.92 Å². The van der Waals surface area contributed by atoms with E-state index in [1.807, 2.05) is 19.1 Å². The molecule has 1 aliphatic carbocycles.